The first kappa shape index (κ1) is 18.3. The Morgan fingerprint density at radius 3 is 2.29 bits per heavy atom. The molecule has 140 valence electrons. The highest BCUT2D eigenvalue weighted by Gasteiger charge is 2.20. The lowest BCUT2D eigenvalue weighted by molar-refractivity contribution is 0.103. The Kier molecular flexibility index (Phi) is 4.88. The largest absolute Gasteiger partial charge is 0.322 e. The summed E-state index contributed by atoms with van der Waals surface area (Å²) in [5.41, 5.74) is 7.39. The third kappa shape index (κ3) is 3.64. The average Bonchev–Trinajstić information content (AvgIpc) is 3.30. The van der Waals surface area contributed by atoms with Crippen LogP contribution >= 0.6 is 11.3 Å². The van der Waals surface area contributed by atoms with Crippen LogP contribution in [-0.2, 0) is 0 Å². The number of hydrogen-bond acceptors (Lipinski definition) is 2. The summed E-state index contributed by atoms with van der Waals surface area (Å²) in [5.74, 6) is -0.0856. The van der Waals surface area contributed by atoms with Crippen molar-refractivity contribution in [2.75, 3.05) is 5.32 Å². The summed E-state index contributed by atoms with van der Waals surface area (Å²) in [5, 5.41) is 5.15. The molecular formula is C24H22N2OS. The fraction of sp³-hybridized carbons (Fsp3) is 0.125. The van der Waals surface area contributed by atoms with Crippen LogP contribution in [0.25, 0.3) is 16.8 Å². The van der Waals surface area contributed by atoms with Gasteiger partial charge < -0.3 is 9.88 Å². The van der Waals surface area contributed by atoms with Crippen molar-refractivity contribution in [2.45, 2.75) is 20.8 Å². The van der Waals surface area contributed by atoms with E-state index in [2.05, 4.69) is 48.0 Å². The van der Waals surface area contributed by atoms with Crippen molar-refractivity contribution in [1.82, 2.24) is 4.57 Å². The molecule has 0 spiro atoms. The molecule has 2 heterocycles. The van der Waals surface area contributed by atoms with Crippen LogP contribution in [0.3, 0.4) is 0 Å². The van der Waals surface area contributed by atoms with Crippen molar-refractivity contribution in [3.8, 4) is 16.8 Å². The van der Waals surface area contributed by atoms with E-state index in [0.29, 0.717) is 4.88 Å². The van der Waals surface area contributed by atoms with Gasteiger partial charge in [0.2, 0.25) is 0 Å². The SMILES string of the molecule is Cc1cc(C)cc(NC(=O)c2scc(-c3cccc(C)c3)c2-n2cccc2)c1. The van der Waals surface area contributed by atoms with E-state index in [1.54, 1.807) is 0 Å². The monoisotopic (exact) mass is 386 g/mol. The maximum absolute atomic E-state index is 13.2. The fourth-order valence-corrected chi connectivity index (χ4v) is 4.47. The first-order valence-electron chi connectivity index (χ1n) is 9.23. The highest BCUT2D eigenvalue weighted by molar-refractivity contribution is 7.13. The molecule has 0 unspecified atom stereocenters. The number of thiophene rings is 1. The van der Waals surface area contributed by atoms with Crippen molar-refractivity contribution in [1.29, 1.82) is 0 Å². The Hall–Kier alpha value is -3.11. The summed E-state index contributed by atoms with van der Waals surface area (Å²) in [6, 6.07) is 18.4. The highest BCUT2D eigenvalue weighted by Crippen LogP contribution is 2.36. The molecule has 0 saturated heterocycles. The van der Waals surface area contributed by atoms with Gasteiger partial charge in [0.15, 0.2) is 0 Å². The molecule has 0 aliphatic rings. The average molecular weight is 387 g/mol. The minimum absolute atomic E-state index is 0.0856. The Bertz CT molecular complexity index is 1120. The molecule has 4 rings (SSSR count). The van der Waals surface area contributed by atoms with Gasteiger partial charge in [-0.15, -0.1) is 11.3 Å². The molecule has 1 amide bonds. The molecule has 0 atom stereocenters. The maximum Gasteiger partial charge on any atom is 0.267 e. The van der Waals surface area contributed by atoms with Gasteiger partial charge in [0.05, 0.1) is 5.69 Å². The zero-order valence-corrected chi connectivity index (χ0v) is 17.0. The van der Waals surface area contributed by atoms with E-state index in [0.717, 1.165) is 33.6 Å². The van der Waals surface area contributed by atoms with E-state index in [9.17, 15) is 4.79 Å². The van der Waals surface area contributed by atoms with Crippen LogP contribution in [0.2, 0.25) is 0 Å². The molecule has 0 fully saturated rings. The molecule has 2 aromatic carbocycles. The molecule has 0 bridgehead atoms. The summed E-state index contributed by atoms with van der Waals surface area (Å²) >= 11 is 1.48. The van der Waals surface area contributed by atoms with Gasteiger partial charge in [-0.1, -0.05) is 35.9 Å². The molecule has 28 heavy (non-hydrogen) atoms. The number of anilines is 1. The molecule has 0 radical (unpaired) electrons. The van der Waals surface area contributed by atoms with Crippen LogP contribution in [-0.4, -0.2) is 10.5 Å². The van der Waals surface area contributed by atoms with Crippen LogP contribution in [0, 0.1) is 20.8 Å². The van der Waals surface area contributed by atoms with Crippen LogP contribution in [0.4, 0.5) is 5.69 Å². The molecule has 2 aromatic heterocycles. The lowest BCUT2D eigenvalue weighted by Gasteiger charge is -2.11. The number of aromatic nitrogens is 1. The van der Waals surface area contributed by atoms with Gasteiger partial charge in [0.1, 0.15) is 4.88 Å². The Morgan fingerprint density at radius 2 is 1.61 bits per heavy atom. The molecule has 4 aromatic rings. The van der Waals surface area contributed by atoms with Crippen molar-refractivity contribution >= 4 is 22.9 Å². The topological polar surface area (TPSA) is 34.0 Å². The predicted octanol–water partition coefficient (Wildman–Crippen LogP) is 6.38. The quantitative estimate of drug-likeness (QED) is 0.434. The zero-order valence-electron chi connectivity index (χ0n) is 16.2. The summed E-state index contributed by atoms with van der Waals surface area (Å²) in [6.45, 7) is 6.16. The summed E-state index contributed by atoms with van der Waals surface area (Å²) < 4.78 is 2.02. The standard InChI is InChI=1S/C24H22N2OS/c1-16-7-6-8-19(12-16)21-15-28-23(22(21)26-9-4-5-10-26)24(27)25-20-13-17(2)11-18(3)14-20/h4-15H,1-3H3,(H,25,27). The van der Waals surface area contributed by atoms with Crippen molar-refractivity contribution in [3.63, 3.8) is 0 Å². The van der Waals surface area contributed by atoms with Gasteiger partial charge in [0.25, 0.3) is 5.91 Å². The number of amides is 1. The Labute approximate surface area is 169 Å². The number of carbonyl (C=O) groups excluding carboxylic acids is 1. The first-order chi connectivity index (χ1) is 13.5. The second-order valence-corrected chi connectivity index (χ2v) is 8.00. The summed E-state index contributed by atoms with van der Waals surface area (Å²) in [7, 11) is 0. The normalized spacial score (nSPS) is 10.8. The smallest absolute Gasteiger partial charge is 0.267 e. The lowest BCUT2D eigenvalue weighted by atomic mass is 10.0. The number of benzene rings is 2. The van der Waals surface area contributed by atoms with E-state index in [-0.39, 0.29) is 5.91 Å². The van der Waals surface area contributed by atoms with E-state index >= 15 is 0 Å². The van der Waals surface area contributed by atoms with Crippen molar-refractivity contribution in [3.05, 3.63) is 93.9 Å². The second kappa shape index (κ2) is 7.49. The van der Waals surface area contributed by atoms with Gasteiger partial charge in [-0.3, -0.25) is 4.79 Å². The summed E-state index contributed by atoms with van der Waals surface area (Å²) in [6.07, 6.45) is 3.96. The van der Waals surface area contributed by atoms with Gasteiger partial charge in [-0.2, -0.15) is 0 Å². The molecule has 0 aliphatic heterocycles. The van der Waals surface area contributed by atoms with Gasteiger partial charge >= 0.3 is 0 Å². The van der Waals surface area contributed by atoms with Gasteiger partial charge in [-0.05, 0) is 61.7 Å². The molecule has 1 N–H and O–H groups in total. The van der Waals surface area contributed by atoms with E-state index < -0.39 is 0 Å². The van der Waals surface area contributed by atoms with Crippen molar-refractivity contribution < 1.29 is 4.79 Å². The molecule has 4 heteroatoms. The van der Waals surface area contributed by atoms with E-state index in [1.165, 1.54) is 16.9 Å². The van der Waals surface area contributed by atoms with Crippen molar-refractivity contribution in [2.24, 2.45) is 0 Å². The summed E-state index contributed by atoms with van der Waals surface area (Å²) in [4.78, 5) is 13.9. The first-order valence-corrected chi connectivity index (χ1v) is 10.1. The van der Waals surface area contributed by atoms with Gasteiger partial charge in [-0.25, -0.2) is 0 Å². The van der Waals surface area contributed by atoms with Crippen LogP contribution in [0.15, 0.2) is 72.4 Å². The minimum Gasteiger partial charge on any atom is -0.322 e. The van der Waals surface area contributed by atoms with Crippen LogP contribution < -0.4 is 5.32 Å². The Morgan fingerprint density at radius 1 is 0.893 bits per heavy atom. The third-order valence-corrected chi connectivity index (χ3v) is 5.61. The number of rotatable bonds is 4. The molecular weight excluding hydrogens is 364 g/mol. The lowest BCUT2D eigenvalue weighted by Crippen LogP contribution is -2.13. The molecule has 3 nitrogen and oxygen atoms in total. The number of aryl methyl sites for hydroxylation is 3. The maximum atomic E-state index is 13.2. The zero-order chi connectivity index (χ0) is 19.7. The van der Waals surface area contributed by atoms with Gasteiger partial charge in [0, 0.05) is 29.0 Å². The molecule has 0 aliphatic carbocycles. The highest BCUT2D eigenvalue weighted by atomic mass is 32.1. The number of nitrogens with one attached hydrogen (secondary N) is 1. The number of nitrogens with zero attached hydrogens (tertiary/aromatic N) is 1. The van der Waals surface area contributed by atoms with E-state index in [1.807, 2.05) is 55.1 Å². The minimum atomic E-state index is -0.0856. The molecule has 0 saturated carbocycles. The van der Waals surface area contributed by atoms with Crippen LogP contribution in [0.1, 0.15) is 26.4 Å². The number of hydrogen-bond donors (Lipinski definition) is 1. The second-order valence-electron chi connectivity index (χ2n) is 7.12. The number of carbonyl (C=O) groups is 1. The van der Waals surface area contributed by atoms with E-state index in [4.69, 9.17) is 0 Å². The van der Waals surface area contributed by atoms with Crippen LogP contribution in [0.5, 0.6) is 0 Å². The predicted molar refractivity (Wildman–Crippen MR) is 118 cm³/mol. The Balaban J connectivity index is 1.78. The fourth-order valence-electron chi connectivity index (χ4n) is 3.50. The third-order valence-electron chi connectivity index (χ3n) is 4.64.